The molecule has 5 amide bonds. The van der Waals surface area contributed by atoms with E-state index in [2.05, 4.69) is 27.6 Å². The molecule has 4 heterocycles. The molecule has 3 N–H and O–H groups in total. The number of fused-ring (bicyclic) bond motifs is 1. The predicted molar refractivity (Wildman–Crippen MR) is 166 cm³/mol. The van der Waals surface area contributed by atoms with Gasteiger partial charge in [0.15, 0.2) is 0 Å². The van der Waals surface area contributed by atoms with Crippen LogP contribution in [-0.4, -0.2) is 74.8 Å². The van der Waals surface area contributed by atoms with E-state index in [1.165, 1.54) is 6.92 Å². The Morgan fingerprint density at radius 2 is 1.78 bits per heavy atom. The van der Waals surface area contributed by atoms with Crippen molar-refractivity contribution in [2.75, 3.05) is 25.0 Å². The van der Waals surface area contributed by atoms with Crippen molar-refractivity contribution in [2.45, 2.75) is 76.9 Å². The third-order valence-electron chi connectivity index (χ3n) is 9.70. The average Bonchev–Trinajstić information content (AvgIpc) is 3.62. The number of aromatic nitrogens is 2. The van der Waals surface area contributed by atoms with Gasteiger partial charge in [0.1, 0.15) is 6.04 Å². The van der Waals surface area contributed by atoms with Crippen LogP contribution < -0.4 is 16.0 Å². The van der Waals surface area contributed by atoms with Crippen molar-refractivity contribution < 1.29 is 24.0 Å². The normalized spacial score (nSPS) is 24.0. The van der Waals surface area contributed by atoms with Gasteiger partial charge in [0.05, 0.1) is 23.4 Å². The SMILES string of the molecule is C=C1CCC(N2C(=O)c3cccc(NCc4cnn(C5CCN(C(=O)C6CCC(CNC(C)=O)CC6)CC5)c4)c3C2=O)C(=O)N1. The Morgan fingerprint density at radius 1 is 1.02 bits per heavy atom. The number of carbonyl (C=O) groups excluding carboxylic acids is 5. The number of hydrogen-bond acceptors (Lipinski definition) is 7. The molecule has 3 fully saturated rings. The quantitative estimate of drug-likeness (QED) is 0.387. The van der Waals surface area contributed by atoms with Gasteiger partial charge in [-0.3, -0.25) is 33.6 Å². The van der Waals surface area contributed by atoms with E-state index in [1.54, 1.807) is 24.4 Å². The topological polar surface area (TPSA) is 146 Å². The van der Waals surface area contributed by atoms with Gasteiger partial charge in [0.2, 0.25) is 17.7 Å². The highest BCUT2D eigenvalue weighted by atomic mass is 16.2. The first-order chi connectivity index (χ1) is 21.7. The first-order valence-electron chi connectivity index (χ1n) is 16.0. The van der Waals surface area contributed by atoms with Crippen LogP contribution in [0.3, 0.4) is 0 Å². The number of piperidine rings is 2. The summed E-state index contributed by atoms with van der Waals surface area (Å²) in [6, 6.07) is 4.46. The fourth-order valence-electron chi connectivity index (χ4n) is 7.12. The summed E-state index contributed by atoms with van der Waals surface area (Å²) in [5, 5.41) is 13.5. The van der Waals surface area contributed by atoms with Gasteiger partial charge >= 0.3 is 0 Å². The summed E-state index contributed by atoms with van der Waals surface area (Å²) in [4.78, 5) is 66.6. The number of carbonyl (C=O) groups is 5. The number of amides is 5. The number of imide groups is 1. The van der Waals surface area contributed by atoms with Crippen LogP contribution in [0, 0.1) is 11.8 Å². The van der Waals surface area contributed by atoms with Crippen LogP contribution in [0.15, 0.2) is 42.9 Å². The molecule has 2 saturated heterocycles. The molecule has 4 aliphatic rings. The fraction of sp³-hybridized carbons (Fsp3) is 0.515. The maximum atomic E-state index is 13.4. The molecule has 1 saturated carbocycles. The summed E-state index contributed by atoms with van der Waals surface area (Å²) in [6.07, 6.45) is 10.0. The maximum Gasteiger partial charge on any atom is 0.264 e. The van der Waals surface area contributed by atoms with Crippen LogP contribution in [0.4, 0.5) is 5.69 Å². The Labute approximate surface area is 262 Å². The number of nitrogens with one attached hydrogen (secondary N) is 3. The van der Waals surface area contributed by atoms with E-state index >= 15 is 0 Å². The zero-order valence-electron chi connectivity index (χ0n) is 25.7. The molecule has 1 aliphatic carbocycles. The third-order valence-corrected chi connectivity index (χ3v) is 9.70. The molecule has 238 valence electrons. The molecular weight excluding hydrogens is 574 g/mol. The van der Waals surface area contributed by atoms with Crippen molar-refractivity contribution in [3.05, 3.63) is 59.6 Å². The minimum Gasteiger partial charge on any atom is -0.380 e. The number of allylic oxidation sites excluding steroid dienone is 1. The molecule has 0 bridgehead atoms. The number of anilines is 1. The predicted octanol–water partition coefficient (Wildman–Crippen LogP) is 2.99. The van der Waals surface area contributed by atoms with E-state index in [-0.39, 0.29) is 40.8 Å². The number of rotatable bonds is 8. The van der Waals surface area contributed by atoms with Gasteiger partial charge in [0, 0.05) is 62.2 Å². The highest BCUT2D eigenvalue weighted by Gasteiger charge is 2.45. The van der Waals surface area contributed by atoms with E-state index in [1.807, 2.05) is 15.8 Å². The van der Waals surface area contributed by atoms with Crippen molar-refractivity contribution in [1.29, 1.82) is 0 Å². The number of nitrogens with zero attached hydrogens (tertiary/aromatic N) is 4. The lowest BCUT2D eigenvalue weighted by Crippen LogP contribution is -2.51. The third kappa shape index (κ3) is 6.36. The number of hydrogen-bond donors (Lipinski definition) is 3. The van der Waals surface area contributed by atoms with Crippen LogP contribution in [0.5, 0.6) is 0 Å². The Balaban J connectivity index is 1.01. The van der Waals surface area contributed by atoms with Gasteiger partial charge in [-0.05, 0) is 69.4 Å². The van der Waals surface area contributed by atoms with Gasteiger partial charge < -0.3 is 20.9 Å². The molecular formula is C33H41N7O5. The number of likely N-dealkylation sites (tertiary alicyclic amines) is 1. The van der Waals surface area contributed by atoms with E-state index in [4.69, 9.17) is 0 Å². The Bertz CT molecular complexity index is 1520. The van der Waals surface area contributed by atoms with Crippen molar-refractivity contribution in [1.82, 2.24) is 30.2 Å². The summed E-state index contributed by atoms with van der Waals surface area (Å²) in [6.45, 7) is 7.83. The summed E-state index contributed by atoms with van der Waals surface area (Å²) >= 11 is 0. The molecule has 3 aliphatic heterocycles. The van der Waals surface area contributed by atoms with E-state index in [0.29, 0.717) is 56.3 Å². The fourth-order valence-corrected chi connectivity index (χ4v) is 7.12. The lowest BCUT2D eigenvalue weighted by molar-refractivity contribution is -0.138. The first-order valence-corrected chi connectivity index (χ1v) is 16.0. The van der Waals surface area contributed by atoms with Gasteiger partial charge in [-0.25, -0.2) is 0 Å². The second-order valence-electron chi connectivity index (χ2n) is 12.7. The molecule has 1 unspecified atom stereocenters. The lowest BCUT2D eigenvalue weighted by Gasteiger charge is -2.36. The second-order valence-corrected chi connectivity index (χ2v) is 12.7. The van der Waals surface area contributed by atoms with E-state index in [0.717, 1.165) is 49.0 Å². The van der Waals surface area contributed by atoms with Crippen molar-refractivity contribution in [3.8, 4) is 0 Å². The summed E-state index contributed by atoms with van der Waals surface area (Å²) in [5.41, 5.74) is 2.63. The van der Waals surface area contributed by atoms with E-state index in [9.17, 15) is 24.0 Å². The Kier molecular flexibility index (Phi) is 8.73. The van der Waals surface area contributed by atoms with Gasteiger partial charge in [-0.2, -0.15) is 5.10 Å². The summed E-state index contributed by atoms with van der Waals surface area (Å²) in [7, 11) is 0. The highest BCUT2D eigenvalue weighted by molar-refractivity contribution is 6.25. The minimum absolute atomic E-state index is 0.00310. The van der Waals surface area contributed by atoms with Gasteiger partial charge in [0.25, 0.3) is 11.8 Å². The van der Waals surface area contributed by atoms with Crippen LogP contribution in [-0.2, 0) is 20.9 Å². The highest BCUT2D eigenvalue weighted by Crippen LogP contribution is 2.34. The van der Waals surface area contributed by atoms with Crippen LogP contribution in [0.25, 0.3) is 0 Å². The molecule has 0 radical (unpaired) electrons. The molecule has 12 heteroatoms. The van der Waals surface area contributed by atoms with Crippen LogP contribution in [0.2, 0.25) is 0 Å². The smallest absolute Gasteiger partial charge is 0.264 e. The van der Waals surface area contributed by atoms with Gasteiger partial charge in [-0.15, -0.1) is 0 Å². The molecule has 0 spiro atoms. The maximum absolute atomic E-state index is 13.4. The Morgan fingerprint density at radius 3 is 2.49 bits per heavy atom. The van der Waals surface area contributed by atoms with Crippen LogP contribution in [0.1, 0.15) is 90.6 Å². The molecule has 2 aromatic rings. The van der Waals surface area contributed by atoms with Crippen molar-refractivity contribution >= 4 is 35.2 Å². The minimum atomic E-state index is -0.855. The molecule has 1 aromatic heterocycles. The zero-order valence-corrected chi connectivity index (χ0v) is 25.7. The number of benzene rings is 1. The largest absolute Gasteiger partial charge is 0.380 e. The molecule has 1 atom stereocenters. The van der Waals surface area contributed by atoms with Crippen molar-refractivity contribution in [3.63, 3.8) is 0 Å². The summed E-state index contributed by atoms with van der Waals surface area (Å²) in [5.74, 6) is -0.533. The first kappa shape index (κ1) is 30.5. The second kappa shape index (κ2) is 12.9. The molecule has 12 nitrogen and oxygen atoms in total. The standard InChI is InChI=1S/C33H41N7O5/c1-20-6-11-28(30(42)37-20)40-32(44)26-4-3-5-27(29(26)33(40)45)35-17-23-18-36-39(19-23)25-12-14-38(15-13-25)31(43)24-9-7-22(8-10-24)16-34-21(2)41/h3-5,18-19,22,24-25,28,35H,1,6-17H2,2H3,(H,34,41)(H,37,42). The molecule has 45 heavy (non-hydrogen) atoms. The summed E-state index contributed by atoms with van der Waals surface area (Å²) < 4.78 is 1.97. The van der Waals surface area contributed by atoms with Gasteiger partial charge in [-0.1, -0.05) is 12.6 Å². The Hall–Kier alpha value is -4.48. The van der Waals surface area contributed by atoms with Crippen molar-refractivity contribution in [2.24, 2.45) is 11.8 Å². The molecule has 6 rings (SSSR count). The zero-order chi connectivity index (χ0) is 31.7. The monoisotopic (exact) mass is 615 g/mol. The molecule has 1 aromatic carbocycles. The van der Waals surface area contributed by atoms with E-state index < -0.39 is 17.9 Å². The average molecular weight is 616 g/mol. The lowest BCUT2D eigenvalue weighted by atomic mass is 9.81. The van der Waals surface area contributed by atoms with Crippen LogP contribution >= 0.6 is 0 Å².